The van der Waals surface area contributed by atoms with Crippen molar-refractivity contribution in [3.8, 4) is 11.4 Å². The number of hydrogen-bond donors (Lipinski definition) is 2. The molecule has 1 aromatic carbocycles. The van der Waals surface area contributed by atoms with Crippen molar-refractivity contribution in [2.24, 2.45) is 5.73 Å². The van der Waals surface area contributed by atoms with Crippen LogP contribution in [0.1, 0.15) is 36.9 Å². The summed E-state index contributed by atoms with van der Waals surface area (Å²) in [6, 6.07) is 7.43. The molecular formula is C32H31F3N8O4S. The van der Waals surface area contributed by atoms with Crippen LogP contribution in [0.2, 0.25) is 0 Å². The molecule has 48 heavy (non-hydrogen) atoms. The third kappa shape index (κ3) is 5.90. The number of nitrogens with zero attached hydrogens (tertiary/aromatic N) is 6. The molecule has 16 heteroatoms. The molecule has 2 aliphatic heterocycles. The molecule has 7 rings (SSSR count). The third-order valence-corrected chi connectivity index (χ3v) is 9.94. The molecule has 0 unspecified atom stereocenters. The molecule has 2 amide bonds. The van der Waals surface area contributed by atoms with Gasteiger partial charge in [0.15, 0.2) is 17.4 Å². The van der Waals surface area contributed by atoms with E-state index in [0.717, 1.165) is 27.4 Å². The van der Waals surface area contributed by atoms with E-state index in [2.05, 4.69) is 19.9 Å². The van der Waals surface area contributed by atoms with Gasteiger partial charge in [0.25, 0.3) is 11.8 Å². The number of anilines is 2. The number of primary amides is 1. The molecule has 0 spiro atoms. The summed E-state index contributed by atoms with van der Waals surface area (Å²) in [5, 5.41) is 0.624. The molecule has 2 fully saturated rings. The monoisotopic (exact) mass is 680 g/mol. The van der Waals surface area contributed by atoms with Gasteiger partial charge in [-0.05, 0) is 30.7 Å². The average molecular weight is 681 g/mol. The first-order valence-corrected chi connectivity index (χ1v) is 16.1. The zero-order valence-electron chi connectivity index (χ0n) is 25.8. The Morgan fingerprint density at radius 2 is 1.79 bits per heavy atom. The van der Waals surface area contributed by atoms with Crippen LogP contribution in [-0.4, -0.2) is 89.0 Å². The molecule has 2 saturated heterocycles. The Bertz CT molecular complexity index is 2050. The van der Waals surface area contributed by atoms with Gasteiger partial charge >= 0.3 is 6.18 Å². The molecule has 0 atom stereocenters. The summed E-state index contributed by atoms with van der Waals surface area (Å²) in [4.78, 5) is 45.4. The average Bonchev–Trinajstić information content (AvgIpc) is 3.65. The van der Waals surface area contributed by atoms with Gasteiger partial charge < -0.3 is 30.4 Å². The van der Waals surface area contributed by atoms with Crippen molar-refractivity contribution in [2.75, 3.05) is 63.1 Å². The third-order valence-electron chi connectivity index (χ3n) is 8.68. The lowest BCUT2D eigenvalue weighted by molar-refractivity contribution is -0.137. The second-order valence-electron chi connectivity index (χ2n) is 11.7. The molecule has 0 radical (unpaired) electrons. The normalized spacial score (nSPS) is 16.2. The van der Waals surface area contributed by atoms with Crippen molar-refractivity contribution < 1.29 is 31.9 Å². The molecule has 0 saturated carbocycles. The Morgan fingerprint density at radius 1 is 1.04 bits per heavy atom. The van der Waals surface area contributed by atoms with Crippen LogP contribution in [0.15, 0.2) is 40.9 Å². The van der Waals surface area contributed by atoms with Gasteiger partial charge in [-0.1, -0.05) is 12.1 Å². The maximum atomic E-state index is 14.1. The number of rotatable bonds is 6. The van der Waals surface area contributed by atoms with E-state index < -0.39 is 17.6 Å². The number of para-hydroxylation sites is 1. The van der Waals surface area contributed by atoms with Gasteiger partial charge in [-0.3, -0.25) is 14.5 Å². The molecule has 0 bridgehead atoms. The summed E-state index contributed by atoms with van der Waals surface area (Å²) in [5.41, 5.74) is 11.9. The fourth-order valence-corrected chi connectivity index (χ4v) is 7.40. The van der Waals surface area contributed by atoms with E-state index in [1.165, 1.54) is 11.3 Å². The van der Waals surface area contributed by atoms with Crippen molar-refractivity contribution in [1.29, 1.82) is 0 Å². The molecule has 250 valence electrons. The van der Waals surface area contributed by atoms with Gasteiger partial charge in [0.05, 0.1) is 34.6 Å². The van der Waals surface area contributed by atoms with E-state index in [0.29, 0.717) is 75.7 Å². The minimum atomic E-state index is -4.68. The number of nitrogen functional groups attached to an aromatic ring is 1. The summed E-state index contributed by atoms with van der Waals surface area (Å²) in [6.07, 6.45) is -3.60. The van der Waals surface area contributed by atoms with Gasteiger partial charge in [-0.2, -0.15) is 13.2 Å². The predicted octanol–water partition coefficient (Wildman–Crippen LogP) is 4.30. The first kappa shape index (κ1) is 31.8. The number of alkyl halides is 3. The number of benzene rings is 1. The van der Waals surface area contributed by atoms with Crippen LogP contribution < -0.4 is 16.4 Å². The van der Waals surface area contributed by atoms with Crippen molar-refractivity contribution in [3.63, 3.8) is 0 Å². The number of aromatic nitrogens is 3. The number of pyridine rings is 1. The van der Waals surface area contributed by atoms with Crippen molar-refractivity contribution in [2.45, 2.75) is 19.6 Å². The van der Waals surface area contributed by atoms with Crippen LogP contribution in [0.4, 0.5) is 24.8 Å². The topological polar surface area (TPSA) is 157 Å². The summed E-state index contributed by atoms with van der Waals surface area (Å²) in [7, 11) is 0. The number of aryl methyl sites for hydroxylation is 1. The Labute approximate surface area is 276 Å². The number of ether oxygens (including phenoxy) is 1. The van der Waals surface area contributed by atoms with Gasteiger partial charge in [-0.15, -0.1) is 11.3 Å². The van der Waals surface area contributed by atoms with Gasteiger partial charge in [-0.25, -0.2) is 15.0 Å². The number of furan rings is 1. The van der Waals surface area contributed by atoms with Gasteiger partial charge in [0.1, 0.15) is 11.4 Å². The maximum absolute atomic E-state index is 14.1. The molecule has 4 aromatic heterocycles. The standard InChI is InChI=1S/C32H31F3N8O4S/c1-17-23(16-41-5-7-43(8-6-41)31(45)22-13-18-3-2-4-19(28(37)44)26(18)47-22)48-27-25(17)39-29(40-30(27)42-9-11-46-12-10-42)20-15-38-24(36)14-21(20)32(33,34)35/h2-4,13-15H,5-12,16H2,1H3,(H2,36,38)(H2,37,44). The molecule has 12 nitrogen and oxygen atoms in total. The molecule has 5 aromatic rings. The zero-order chi connectivity index (χ0) is 33.7. The van der Waals surface area contributed by atoms with Crippen LogP contribution in [0.3, 0.4) is 0 Å². The summed E-state index contributed by atoms with van der Waals surface area (Å²) in [5.74, 6) is -0.520. The minimum absolute atomic E-state index is 0.0723. The quantitative estimate of drug-likeness (QED) is 0.265. The smallest absolute Gasteiger partial charge is 0.417 e. The number of hydrogen-bond acceptors (Lipinski definition) is 11. The molecule has 4 N–H and O–H groups in total. The van der Waals surface area contributed by atoms with Crippen LogP contribution in [0.5, 0.6) is 0 Å². The lowest BCUT2D eigenvalue weighted by Gasteiger charge is -2.34. The van der Waals surface area contributed by atoms with Crippen molar-refractivity contribution in [3.05, 3.63) is 63.9 Å². The highest BCUT2D eigenvalue weighted by molar-refractivity contribution is 7.19. The number of fused-ring (bicyclic) bond motifs is 2. The zero-order valence-corrected chi connectivity index (χ0v) is 26.7. The summed E-state index contributed by atoms with van der Waals surface area (Å²) >= 11 is 1.52. The Kier molecular flexibility index (Phi) is 8.17. The molecule has 0 aliphatic carbocycles. The van der Waals surface area contributed by atoms with Crippen LogP contribution in [-0.2, 0) is 17.5 Å². The highest BCUT2D eigenvalue weighted by atomic mass is 32.1. The highest BCUT2D eigenvalue weighted by Gasteiger charge is 2.36. The number of amides is 2. The Hall–Kier alpha value is -4.80. The van der Waals surface area contributed by atoms with Gasteiger partial charge in [0, 0.05) is 67.8 Å². The molecular weight excluding hydrogens is 649 g/mol. The molecule has 6 heterocycles. The second kappa shape index (κ2) is 12.3. The van der Waals surface area contributed by atoms with E-state index in [1.807, 2.05) is 11.8 Å². The van der Waals surface area contributed by atoms with Crippen LogP contribution >= 0.6 is 11.3 Å². The minimum Gasteiger partial charge on any atom is -0.450 e. The molecule has 2 aliphatic rings. The number of nitrogens with two attached hydrogens (primary N) is 2. The Balaban J connectivity index is 1.15. The predicted molar refractivity (Wildman–Crippen MR) is 174 cm³/mol. The van der Waals surface area contributed by atoms with E-state index in [4.69, 9.17) is 20.6 Å². The van der Waals surface area contributed by atoms with Gasteiger partial charge in [0.2, 0.25) is 0 Å². The number of piperazine rings is 1. The second-order valence-corrected chi connectivity index (χ2v) is 12.8. The number of carbonyl (C=O) groups excluding carboxylic acids is 2. The largest absolute Gasteiger partial charge is 0.450 e. The van der Waals surface area contributed by atoms with E-state index in [-0.39, 0.29) is 40.0 Å². The SMILES string of the molecule is Cc1c(CN2CCN(C(=O)c3cc4cccc(C(N)=O)c4o3)CC2)sc2c(N3CCOCC3)nc(-c3cnc(N)cc3C(F)(F)F)nc12. The van der Waals surface area contributed by atoms with E-state index in [1.54, 1.807) is 29.2 Å². The number of morpholine rings is 1. The van der Waals surface area contributed by atoms with Crippen molar-refractivity contribution >= 4 is 56.0 Å². The lowest BCUT2D eigenvalue weighted by Crippen LogP contribution is -2.48. The number of thiophene rings is 1. The first-order chi connectivity index (χ1) is 23.0. The lowest BCUT2D eigenvalue weighted by atomic mass is 10.1. The van der Waals surface area contributed by atoms with E-state index >= 15 is 0 Å². The highest BCUT2D eigenvalue weighted by Crippen LogP contribution is 2.41. The van der Waals surface area contributed by atoms with E-state index in [9.17, 15) is 22.8 Å². The first-order valence-electron chi connectivity index (χ1n) is 15.3. The number of carbonyl (C=O) groups is 2. The van der Waals surface area contributed by atoms with Crippen LogP contribution in [0.25, 0.3) is 32.6 Å². The summed E-state index contributed by atoms with van der Waals surface area (Å²) < 4.78 is 54.3. The fourth-order valence-electron chi connectivity index (χ4n) is 6.09. The number of halogens is 3. The fraction of sp³-hybridized carbons (Fsp3) is 0.344. The Morgan fingerprint density at radius 3 is 2.50 bits per heavy atom. The maximum Gasteiger partial charge on any atom is 0.417 e. The van der Waals surface area contributed by atoms with Crippen molar-refractivity contribution in [1.82, 2.24) is 24.8 Å². The summed E-state index contributed by atoms with van der Waals surface area (Å²) in [6.45, 7) is 6.59. The van der Waals surface area contributed by atoms with Crippen LogP contribution in [0, 0.1) is 6.92 Å².